The first kappa shape index (κ1) is 13.3. The van der Waals surface area contributed by atoms with E-state index in [4.69, 9.17) is 16.3 Å². The van der Waals surface area contributed by atoms with Crippen molar-refractivity contribution in [2.75, 3.05) is 6.61 Å². The van der Waals surface area contributed by atoms with Gasteiger partial charge in [-0.2, -0.15) is 0 Å². The van der Waals surface area contributed by atoms with E-state index < -0.39 is 0 Å². The Kier molecular flexibility index (Phi) is 4.29. The summed E-state index contributed by atoms with van der Waals surface area (Å²) < 4.78 is 6.03. The maximum Gasteiger partial charge on any atom is 0.142 e. The van der Waals surface area contributed by atoms with Gasteiger partial charge in [0.25, 0.3) is 0 Å². The summed E-state index contributed by atoms with van der Waals surface area (Å²) in [6.45, 7) is 1.69. The number of para-hydroxylation sites is 1. The third kappa shape index (κ3) is 3.64. The second-order valence-corrected chi connectivity index (χ2v) is 6.25. The van der Waals surface area contributed by atoms with E-state index in [9.17, 15) is 0 Å². The molecule has 0 unspecified atom stereocenters. The van der Waals surface area contributed by atoms with E-state index in [0.29, 0.717) is 6.04 Å². The minimum atomic E-state index is 0.710. The van der Waals surface area contributed by atoms with Crippen molar-refractivity contribution in [2.24, 2.45) is 5.92 Å². The molecule has 1 N–H and O–H groups in total. The molecule has 1 aromatic carbocycles. The molecule has 0 aromatic heterocycles. The monoisotopic (exact) mass is 279 g/mol. The van der Waals surface area contributed by atoms with E-state index in [1.165, 1.54) is 44.1 Å². The maximum absolute atomic E-state index is 6.29. The first-order valence-electron chi connectivity index (χ1n) is 7.46. The Bertz CT molecular complexity index is 425. The van der Waals surface area contributed by atoms with Gasteiger partial charge in [0.2, 0.25) is 0 Å². The second kappa shape index (κ2) is 6.15. The van der Waals surface area contributed by atoms with Crippen molar-refractivity contribution >= 4 is 11.6 Å². The van der Waals surface area contributed by atoms with Crippen LogP contribution >= 0.6 is 11.6 Å². The summed E-state index contributed by atoms with van der Waals surface area (Å²) in [5.74, 6) is 1.62. The molecule has 3 heteroatoms. The lowest BCUT2D eigenvalue weighted by Gasteiger charge is -2.16. The Balaban J connectivity index is 1.62. The zero-order chi connectivity index (χ0) is 13.1. The molecule has 2 saturated carbocycles. The molecular formula is C16H22ClNO. The van der Waals surface area contributed by atoms with E-state index in [-0.39, 0.29) is 0 Å². The Morgan fingerprint density at radius 1 is 1.16 bits per heavy atom. The van der Waals surface area contributed by atoms with E-state index in [2.05, 4.69) is 11.4 Å². The van der Waals surface area contributed by atoms with Crippen LogP contribution in [0.4, 0.5) is 0 Å². The molecule has 2 aliphatic carbocycles. The third-order valence-electron chi connectivity index (χ3n) is 4.15. The molecule has 19 heavy (non-hydrogen) atoms. The molecule has 0 spiro atoms. The summed E-state index contributed by atoms with van der Waals surface area (Å²) in [6.07, 6.45) is 7.93. The Hall–Kier alpha value is -0.730. The average Bonchev–Trinajstić information content (AvgIpc) is 3.10. The Morgan fingerprint density at radius 3 is 2.68 bits per heavy atom. The largest absolute Gasteiger partial charge is 0.491 e. The van der Waals surface area contributed by atoms with Gasteiger partial charge < -0.3 is 10.1 Å². The highest BCUT2D eigenvalue weighted by molar-refractivity contribution is 6.32. The van der Waals surface area contributed by atoms with E-state index in [0.717, 1.165) is 29.8 Å². The molecule has 2 nitrogen and oxygen atoms in total. The van der Waals surface area contributed by atoms with Crippen LogP contribution in [0.5, 0.6) is 5.75 Å². The van der Waals surface area contributed by atoms with Crippen LogP contribution < -0.4 is 10.1 Å². The quantitative estimate of drug-likeness (QED) is 0.844. The summed E-state index contributed by atoms with van der Waals surface area (Å²) >= 11 is 6.29. The smallest absolute Gasteiger partial charge is 0.142 e. The highest BCUT2D eigenvalue weighted by Crippen LogP contribution is 2.32. The van der Waals surface area contributed by atoms with Crippen LogP contribution in [0.1, 0.15) is 44.1 Å². The fraction of sp³-hybridized carbons (Fsp3) is 0.625. The lowest BCUT2D eigenvalue weighted by atomic mass is 10.1. The summed E-state index contributed by atoms with van der Waals surface area (Å²) in [7, 11) is 0. The molecule has 0 bridgehead atoms. The molecule has 0 radical (unpaired) electrons. The Labute approximate surface area is 120 Å². The number of hydrogen-bond donors (Lipinski definition) is 1. The maximum atomic E-state index is 6.29. The summed E-state index contributed by atoms with van der Waals surface area (Å²) in [4.78, 5) is 0. The van der Waals surface area contributed by atoms with Crippen molar-refractivity contribution in [3.8, 4) is 5.75 Å². The molecule has 0 amide bonds. The third-order valence-corrected chi connectivity index (χ3v) is 4.44. The minimum absolute atomic E-state index is 0.710. The molecule has 0 atom stereocenters. The number of ether oxygens (including phenoxy) is 1. The zero-order valence-electron chi connectivity index (χ0n) is 11.3. The summed E-state index contributed by atoms with van der Waals surface area (Å²) in [6, 6.07) is 6.76. The highest BCUT2D eigenvalue weighted by Gasteiger charge is 2.21. The molecule has 1 aromatic rings. The van der Waals surface area contributed by atoms with E-state index in [1.807, 2.05) is 12.1 Å². The normalized spacial score (nSPS) is 19.8. The van der Waals surface area contributed by atoms with Crippen LogP contribution in [0.15, 0.2) is 18.2 Å². The first-order chi connectivity index (χ1) is 9.33. The van der Waals surface area contributed by atoms with Gasteiger partial charge in [-0.15, -0.1) is 0 Å². The van der Waals surface area contributed by atoms with Crippen molar-refractivity contribution in [3.05, 3.63) is 28.8 Å². The van der Waals surface area contributed by atoms with Crippen LogP contribution in [0.3, 0.4) is 0 Å². The molecule has 0 aliphatic heterocycles. The van der Waals surface area contributed by atoms with Gasteiger partial charge in [-0.25, -0.2) is 0 Å². The van der Waals surface area contributed by atoms with Gasteiger partial charge in [-0.3, -0.25) is 0 Å². The van der Waals surface area contributed by atoms with Crippen LogP contribution in [-0.4, -0.2) is 12.6 Å². The number of hydrogen-bond acceptors (Lipinski definition) is 2. The lowest BCUT2D eigenvalue weighted by molar-refractivity contribution is 0.249. The highest BCUT2D eigenvalue weighted by atomic mass is 35.5. The van der Waals surface area contributed by atoms with Gasteiger partial charge in [0.15, 0.2) is 0 Å². The van der Waals surface area contributed by atoms with Gasteiger partial charge in [0.05, 0.1) is 11.6 Å². The fourth-order valence-electron chi connectivity index (χ4n) is 2.77. The van der Waals surface area contributed by atoms with Gasteiger partial charge in [-0.1, -0.05) is 36.6 Å². The van der Waals surface area contributed by atoms with Gasteiger partial charge >= 0.3 is 0 Å². The van der Waals surface area contributed by atoms with Crippen molar-refractivity contribution in [2.45, 2.75) is 51.1 Å². The van der Waals surface area contributed by atoms with Crippen molar-refractivity contribution in [3.63, 3.8) is 0 Å². The van der Waals surface area contributed by atoms with Crippen molar-refractivity contribution in [1.82, 2.24) is 5.32 Å². The molecular weight excluding hydrogens is 258 g/mol. The molecule has 3 rings (SSSR count). The van der Waals surface area contributed by atoms with Crippen LogP contribution in [0, 0.1) is 5.92 Å². The van der Waals surface area contributed by atoms with Gasteiger partial charge in [0, 0.05) is 18.2 Å². The van der Waals surface area contributed by atoms with Gasteiger partial charge in [0.1, 0.15) is 5.75 Å². The standard InChI is InChI=1S/C16H22ClNO/c17-15-7-3-6-13(10-18-14-8-9-14)16(15)19-11-12-4-1-2-5-12/h3,6-7,12,14,18H,1-2,4-5,8-11H2. The summed E-state index contributed by atoms with van der Waals surface area (Å²) in [5.41, 5.74) is 1.19. The predicted molar refractivity (Wildman–Crippen MR) is 78.8 cm³/mol. The molecule has 104 valence electrons. The lowest BCUT2D eigenvalue weighted by Crippen LogP contribution is -2.17. The number of rotatable bonds is 6. The average molecular weight is 280 g/mol. The predicted octanol–water partition coefficient (Wildman–Crippen LogP) is 4.16. The molecule has 0 saturated heterocycles. The SMILES string of the molecule is Clc1cccc(CNC2CC2)c1OCC1CCCC1. The first-order valence-corrected chi connectivity index (χ1v) is 7.84. The molecule has 0 heterocycles. The minimum Gasteiger partial charge on any atom is -0.491 e. The second-order valence-electron chi connectivity index (χ2n) is 5.84. The topological polar surface area (TPSA) is 21.3 Å². The van der Waals surface area contributed by atoms with Crippen molar-refractivity contribution in [1.29, 1.82) is 0 Å². The number of halogens is 1. The number of nitrogens with one attached hydrogen (secondary N) is 1. The van der Waals surface area contributed by atoms with Crippen molar-refractivity contribution < 1.29 is 4.74 Å². The molecule has 2 aliphatic rings. The fourth-order valence-corrected chi connectivity index (χ4v) is 3.02. The van der Waals surface area contributed by atoms with E-state index in [1.54, 1.807) is 0 Å². The Morgan fingerprint density at radius 2 is 1.95 bits per heavy atom. The summed E-state index contributed by atoms with van der Waals surface area (Å²) in [5, 5.41) is 4.27. The van der Waals surface area contributed by atoms with Crippen LogP contribution in [-0.2, 0) is 6.54 Å². The van der Waals surface area contributed by atoms with Gasteiger partial charge in [-0.05, 0) is 37.7 Å². The van der Waals surface area contributed by atoms with Crippen LogP contribution in [0.2, 0.25) is 5.02 Å². The zero-order valence-corrected chi connectivity index (χ0v) is 12.1. The number of benzene rings is 1. The van der Waals surface area contributed by atoms with Crippen LogP contribution in [0.25, 0.3) is 0 Å². The molecule has 2 fully saturated rings. The van der Waals surface area contributed by atoms with E-state index >= 15 is 0 Å².